The Balaban J connectivity index is 2.15. The van der Waals surface area contributed by atoms with Gasteiger partial charge >= 0.3 is 6.01 Å². The van der Waals surface area contributed by atoms with Crippen LogP contribution in [0.4, 0.5) is 6.01 Å². The van der Waals surface area contributed by atoms with Crippen LogP contribution in [-0.4, -0.2) is 16.1 Å². The lowest BCUT2D eigenvalue weighted by Gasteiger charge is -2.01. The molecule has 0 aliphatic rings. The summed E-state index contributed by atoms with van der Waals surface area (Å²) >= 11 is 3.35. The highest BCUT2D eigenvalue weighted by molar-refractivity contribution is 9.10. The zero-order chi connectivity index (χ0) is 13.1. The molecule has 0 bridgehead atoms. The Labute approximate surface area is 113 Å². The Bertz CT molecular complexity index is 549. The summed E-state index contributed by atoms with van der Waals surface area (Å²) in [5.74, 6) is 0.0931. The van der Waals surface area contributed by atoms with Crippen molar-refractivity contribution in [1.29, 1.82) is 0 Å². The molecule has 0 radical (unpaired) electrons. The third-order valence-corrected chi connectivity index (χ3v) is 2.80. The van der Waals surface area contributed by atoms with E-state index in [1.807, 2.05) is 24.3 Å². The molecule has 1 heterocycles. The number of amides is 1. The van der Waals surface area contributed by atoms with E-state index in [0.29, 0.717) is 5.89 Å². The number of nitrogens with one attached hydrogen (secondary N) is 1. The number of benzene rings is 1. The van der Waals surface area contributed by atoms with Gasteiger partial charge in [-0.1, -0.05) is 34.9 Å². The van der Waals surface area contributed by atoms with Gasteiger partial charge in [0, 0.05) is 16.0 Å². The lowest BCUT2D eigenvalue weighted by molar-refractivity contribution is -0.119. The molecular formula is C12H12BrN3O2. The van der Waals surface area contributed by atoms with E-state index < -0.39 is 0 Å². The summed E-state index contributed by atoms with van der Waals surface area (Å²) in [7, 11) is 0. The number of aromatic nitrogens is 2. The van der Waals surface area contributed by atoms with Crippen molar-refractivity contribution in [2.75, 3.05) is 5.32 Å². The first-order valence-electron chi connectivity index (χ1n) is 5.46. The van der Waals surface area contributed by atoms with Gasteiger partial charge in [-0.05, 0) is 24.3 Å². The van der Waals surface area contributed by atoms with Crippen LogP contribution in [0.2, 0.25) is 0 Å². The SMILES string of the molecule is CC(C)C(=O)Nc1nnc(-c2ccc(Br)cc2)o1. The highest BCUT2D eigenvalue weighted by Gasteiger charge is 2.13. The van der Waals surface area contributed by atoms with Crippen molar-refractivity contribution in [3.63, 3.8) is 0 Å². The number of halogens is 1. The van der Waals surface area contributed by atoms with Crippen LogP contribution in [0.1, 0.15) is 13.8 Å². The average molecular weight is 310 g/mol. The van der Waals surface area contributed by atoms with Gasteiger partial charge in [0.2, 0.25) is 11.8 Å². The lowest BCUT2D eigenvalue weighted by atomic mass is 10.2. The molecule has 1 amide bonds. The van der Waals surface area contributed by atoms with Crippen molar-refractivity contribution in [1.82, 2.24) is 10.2 Å². The van der Waals surface area contributed by atoms with Crippen molar-refractivity contribution < 1.29 is 9.21 Å². The van der Waals surface area contributed by atoms with Gasteiger partial charge in [-0.15, -0.1) is 5.10 Å². The summed E-state index contributed by atoms with van der Waals surface area (Å²) < 4.78 is 6.33. The second kappa shape index (κ2) is 5.30. The maximum atomic E-state index is 11.5. The highest BCUT2D eigenvalue weighted by atomic mass is 79.9. The number of hydrogen-bond donors (Lipinski definition) is 1. The average Bonchev–Trinajstić information content (AvgIpc) is 2.78. The highest BCUT2D eigenvalue weighted by Crippen LogP contribution is 2.22. The van der Waals surface area contributed by atoms with Crippen molar-refractivity contribution in [3.8, 4) is 11.5 Å². The van der Waals surface area contributed by atoms with Gasteiger partial charge in [0.15, 0.2) is 0 Å². The monoisotopic (exact) mass is 309 g/mol. The molecule has 0 atom stereocenters. The van der Waals surface area contributed by atoms with Crippen molar-refractivity contribution in [3.05, 3.63) is 28.7 Å². The van der Waals surface area contributed by atoms with Crippen LogP contribution in [0.15, 0.2) is 33.2 Å². The fourth-order valence-corrected chi connectivity index (χ4v) is 1.50. The summed E-state index contributed by atoms with van der Waals surface area (Å²) in [6.07, 6.45) is 0. The van der Waals surface area contributed by atoms with Gasteiger partial charge < -0.3 is 4.42 Å². The molecule has 0 spiro atoms. The number of rotatable bonds is 3. The standard InChI is InChI=1S/C12H12BrN3O2/c1-7(2)10(17)14-12-16-15-11(18-12)8-3-5-9(13)6-4-8/h3-7H,1-2H3,(H,14,16,17). The minimum atomic E-state index is -0.152. The minimum absolute atomic E-state index is 0.117. The summed E-state index contributed by atoms with van der Waals surface area (Å²) in [6, 6.07) is 7.58. The van der Waals surface area contributed by atoms with E-state index in [1.54, 1.807) is 13.8 Å². The van der Waals surface area contributed by atoms with Crippen LogP contribution < -0.4 is 5.32 Å². The maximum absolute atomic E-state index is 11.5. The summed E-state index contributed by atoms with van der Waals surface area (Å²) in [4.78, 5) is 11.5. The van der Waals surface area contributed by atoms with Crippen LogP contribution in [0.3, 0.4) is 0 Å². The normalized spacial score (nSPS) is 10.7. The smallest absolute Gasteiger partial charge is 0.322 e. The van der Waals surface area contributed by atoms with Gasteiger partial charge in [-0.2, -0.15) is 0 Å². The Morgan fingerprint density at radius 3 is 2.56 bits per heavy atom. The van der Waals surface area contributed by atoms with Gasteiger partial charge in [-0.3, -0.25) is 10.1 Å². The molecule has 0 fully saturated rings. The molecule has 1 aromatic heterocycles. The Morgan fingerprint density at radius 2 is 1.94 bits per heavy atom. The fourth-order valence-electron chi connectivity index (χ4n) is 1.23. The molecule has 2 rings (SSSR count). The number of hydrogen-bond acceptors (Lipinski definition) is 4. The number of nitrogens with zero attached hydrogens (tertiary/aromatic N) is 2. The maximum Gasteiger partial charge on any atom is 0.322 e. The third-order valence-electron chi connectivity index (χ3n) is 2.27. The Kier molecular flexibility index (Phi) is 3.76. The van der Waals surface area contributed by atoms with E-state index in [2.05, 4.69) is 31.4 Å². The minimum Gasteiger partial charge on any atom is -0.403 e. The molecular weight excluding hydrogens is 298 g/mol. The Morgan fingerprint density at radius 1 is 1.28 bits per heavy atom. The second-order valence-corrected chi connectivity index (χ2v) is 4.98. The topological polar surface area (TPSA) is 68.0 Å². The third kappa shape index (κ3) is 2.95. The van der Waals surface area contributed by atoms with Gasteiger partial charge in [-0.25, -0.2) is 0 Å². The van der Waals surface area contributed by atoms with Crippen LogP contribution in [-0.2, 0) is 4.79 Å². The molecule has 2 aromatic rings. The van der Waals surface area contributed by atoms with E-state index >= 15 is 0 Å². The Hall–Kier alpha value is -1.69. The quantitative estimate of drug-likeness (QED) is 0.946. The van der Waals surface area contributed by atoms with Crippen molar-refractivity contribution in [2.24, 2.45) is 5.92 Å². The van der Waals surface area contributed by atoms with Crippen LogP contribution in [0.25, 0.3) is 11.5 Å². The van der Waals surface area contributed by atoms with E-state index in [9.17, 15) is 4.79 Å². The molecule has 6 heteroatoms. The molecule has 18 heavy (non-hydrogen) atoms. The molecule has 1 aromatic carbocycles. The summed E-state index contributed by atoms with van der Waals surface area (Å²) in [5.41, 5.74) is 0.802. The number of carbonyl (C=O) groups is 1. The fraction of sp³-hybridized carbons (Fsp3) is 0.250. The number of carbonyl (C=O) groups excluding carboxylic acids is 1. The van der Waals surface area contributed by atoms with Crippen molar-refractivity contribution in [2.45, 2.75) is 13.8 Å². The molecule has 0 unspecified atom stereocenters. The van der Waals surface area contributed by atoms with Crippen LogP contribution in [0, 0.1) is 5.92 Å². The molecule has 0 saturated heterocycles. The summed E-state index contributed by atoms with van der Waals surface area (Å²) in [5, 5.41) is 10.2. The predicted octanol–water partition coefficient (Wildman–Crippen LogP) is 3.09. The van der Waals surface area contributed by atoms with Gasteiger partial charge in [0.25, 0.3) is 0 Å². The molecule has 1 N–H and O–H groups in total. The predicted molar refractivity (Wildman–Crippen MR) is 70.9 cm³/mol. The van der Waals surface area contributed by atoms with E-state index in [1.165, 1.54) is 0 Å². The molecule has 0 aliphatic carbocycles. The van der Waals surface area contributed by atoms with Crippen molar-refractivity contribution >= 4 is 27.9 Å². The zero-order valence-corrected chi connectivity index (χ0v) is 11.6. The first kappa shape index (κ1) is 12.8. The molecule has 5 nitrogen and oxygen atoms in total. The van der Waals surface area contributed by atoms with E-state index in [0.717, 1.165) is 10.0 Å². The van der Waals surface area contributed by atoms with E-state index in [-0.39, 0.29) is 17.8 Å². The zero-order valence-electron chi connectivity index (χ0n) is 9.98. The van der Waals surface area contributed by atoms with Crippen LogP contribution in [0.5, 0.6) is 0 Å². The molecule has 0 aliphatic heterocycles. The van der Waals surface area contributed by atoms with Gasteiger partial charge in [0.1, 0.15) is 0 Å². The van der Waals surface area contributed by atoms with Gasteiger partial charge in [0.05, 0.1) is 0 Å². The summed E-state index contributed by atoms with van der Waals surface area (Å²) in [6.45, 7) is 3.59. The first-order chi connectivity index (χ1) is 8.56. The first-order valence-corrected chi connectivity index (χ1v) is 6.26. The number of anilines is 1. The largest absolute Gasteiger partial charge is 0.403 e. The van der Waals surface area contributed by atoms with Crippen LogP contribution >= 0.6 is 15.9 Å². The van der Waals surface area contributed by atoms with E-state index in [4.69, 9.17) is 4.42 Å². The lowest BCUT2D eigenvalue weighted by Crippen LogP contribution is -2.17. The molecule has 94 valence electrons. The molecule has 0 saturated carbocycles. The second-order valence-electron chi connectivity index (χ2n) is 4.06.